The zero-order valence-electron chi connectivity index (χ0n) is 16.8. The smallest absolute Gasteiger partial charge is 0.338 e. The lowest BCUT2D eigenvalue weighted by Gasteiger charge is -2.23. The summed E-state index contributed by atoms with van der Waals surface area (Å²) in [6, 6.07) is 12.3. The zero-order valence-corrected chi connectivity index (χ0v) is 18.4. The summed E-state index contributed by atoms with van der Waals surface area (Å²) in [4.78, 5) is 24.1. The highest BCUT2D eigenvalue weighted by Crippen LogP contribution is 2.33. The molecule has 0 aliphatic rings. The lowest BCUT2D eigenvalue weighted by Crippen LogP contribution is -2.22. The molecular formula is C22H26BrNO4. The van der Waals surface area contributed by atoms with Crippen LogP contribution in [0.4, 0.5) is 5.69 Å². The first-order chi connectivity index (χ1) is 13.1. The van der Waals surface area contributed by atoms with E-state index in [2.05, 4.69) is 42.0 Å². The van der Waals surface area contributed by atoms with Crippen molar-refractivity contribution in [3.8, 4) is 5.75 Å². The summed E-state index contributed by atoms with van der Waals surface area (Å²) in [7, 11) is 0. The van der Waals surface area contributed by atoms with E-state index in [1.54, 1.807) is 38.1 Å². The first-order valence-corrected chi connectivity index (χ1v) is 9.89. The van der Waals surface area contributed by atoms with Gasteiger partial charge in [-0.15, -0.1) is 0 Å². The molecule has 0 aliphatic heterocycles. The standard InChI is InChI=1S/C22H26BrNO4/c1-14(2)28-21(26)15-6-9-17(10-7-15)24-20(25)13-27-19-11-8-16(23)12-18(19)22(3,4)5/h6-12,14H,13H2,1-5H3,(H,24,25). The zero-order chi connectivity index (χ0) is 20.9. The van der Waals surface area contributed by atoms with Crippen molar-refractivity contribution < 1.29 is 19.1 Å². The molecule has 28 heavy (non-hydrogen) atoms. The van der Waals surface area contributed by atoms with E-state index in [1.807, 2.05) is 18.2 Å². The van der Waals surface area contributed by atoms with Crippen molar-refractivity contribution >= 4 is 33.5 Å². The summed E-state index contributed by atoms with van der Waals surface area (Å²) in [5, 5.41) is 2.76. The summed E-state index contributed by atoms with van der Waals surface area (Å²) in [5.74, 6) is 0.0130. The molecule has 0 saturated carbocycles. The number of rotatable bonds is 6. The number of nitrogens with one attached hydrogen (secondary N) is 1. The van der Waals surface area contributed by atoms with Gasteiger partial charge in [-0.3, -0.25) is 4.79 Å². The second-order valence-electron chi connectivity index (χ2n) is 7.76. The third-order valence-electron chi connectivity index (χ3n) is 3.86. The average Bonchev–Trinajstić information content (AvgIpc) is 2.60. The lowest BCUT2D eigenvalue weighted by molar-refractivity contribution is -0.118. The third-order valence-corrected chi connectivity index (χ3v) is 4.35. The fourth-order valence-electron chi connectivity index (χ4n) is 2.53. The molecule has 0 spiro atoms. The minimum absolute atomic E-state index is 0.109. The summed E-state index contributed by atoms with van der Waals surface area (Å²) < 4.78 is 11.9. The molecule has 6 heteroatoms. The molecule has 0 unspecified atom stereocenters. The van der Waals surface area contributed by atoms with E-state index >= 15 is 0 Å². The van der Waals surface area contributed by atoms with Gasteiger partial charge >= 0.3 is 5.97 Å². The molecule has 2 aromatic carbocycles. The molecule has 0 saturated heterocycles. The van der Waals surface area contributed by atoms with Crippen molar-refractivity contribution in [2.45, 2.75) is 46.1 Å². The Morgan fingerprint density at radius 2 is 1.71 bits per heavy atom. The fourth-order valence-corrected chi connectivity index (χ4v) is 2.89. The first kappa shape index (κ1) is 22.0. The van der Waals surface area contributed by atoms with E-state index in [-0.39, 0.29) is 30.0 Å². The van der Waals surface area contributed by atoms with E-state index in [4.69, 9.17) is 9.47 Å². The van der Waals surface area contributed by atoms with Crippen LogP contribution >= 0.6 is 15.9 Å². The molecule has 150 valence electrons. The maximum atomic E-state index is 12.2. The molecule has 0 aromatic heterocycles. The quantitative estimate of drug-likeness (QED) is 0.607. The van der Waals surface area contributed by atoms with Crippen LogP contribution in [0.25, 0.3) is 0 Å². The van der Waals surface area contributed by atoms with Crippen LogP contribution in [0, 0.1) is 0 Å². The molecule has 1 amide bonds. The van der Waals surface area contributed by atoms with Crippen LogP contribution in [0.1, 0.15) is 50.5 Å². The molecule has 0 radical (unpaired) electrons. The number of esters is 1. The fraction of sp³-hybridized carbons (Fsp3) is 0.364. The van der Waals surface area contributed by atoms with Gasteiger partial charge in [0, 0.05) is 15.7 Å². The maximum absolute atomic E-state index is 12.2. The normalized spacial score (nSPS) is 11.2. The predicted molar refractivity (Wildman–Crippen MR) is 114 cm³/mol. The summed E-state index contributed by atoms with van der Waals surface area (Å²) >= 11 is 3.47. The summed E-state index contributed by atoms with van der Waals surface area (Å²) in [5.41, 5.74) is 1.92. The van der Waals surface area contributed by atoms with Crippen LogP contribution in [-0.2, 0) is 14.9 Å². The Morgan fingerprint density at radius 1 is 1.07 bits per heavy atom. The highest BCUT2D eigenvalue weighted by atomic mass is 79.9. The molecule has 1 N–H and O–H groups in total. The Morgan fingerprint density at radius 3 is 2.29 bits per heavy atom. The summed E-state index contributed by atoms with van der Waals surface area (Å²) in [6.07, 6.45) is -0.180. The van der Waals surface area contributed by atoms with Crippen LogP contribution in [0.3, 0.4) is 0 Å². The van der Waals surface area contributed by atoms with Crippen LogP contribution < -0.4 is 10.1 Å². The Balaban J connectivity index is 1.97. The molecular weight excluding hydrogens is 422 g/mol. The number of anilines is 1. The van der Waals surface area contributed by atoms with Crippen molar-refractivity contribution in [2.75, 3.05) is 11.9 Å². The van der Waals surface area contributed by atoms with Crippen LogP contribution in [0.5, 0.6) is 5.75 Å². The molecule has 2 rings (SSSR count). The number of ether oxygens (including phenoxy) is 2. The van der Waals surface area contributed by atoms with Gasteiger partial charge in [-0.1, -0.05) is 36.7 Å². The number of carbonyl (C=O) groups excluding carboxylic acids is 2. The molecule has 5 nitrogen and oxygen atoms in total. The lowest BCUT2D eigenvalue weighted by atomic mass is 9.86. The number of hydrogen-bond donors (Lipinski definition) is 1. The number of hydrogen-bond acceptors (Lipinski definition) is 4. The van der Waals surface area contributed by atoms with Gasteiger partial charge < -0.3 is 14.8 Å². The minimum atomic E-state index is -0.388. The Labute approximate surface area is 174 Å². The van der Waals surface area contributed by atoms with Crippen LogP contribution in [0.2, 0.25) is 0 Å². The van der Waals surface area contributed by atoms with Gasteiger partial charge in [-0.2, -0.15) is 0 Å². The predicted octanol–water partition coefficient (Wildman–Crippen LogP) is 5.33. The average molecular weight is 448 g/mol. The molecule has 0 bridgehead atoms. The van der Waals surface area contributed by atoms with E-state index in [0.717, 1.165) is 10.0 Å². The van der Waals surface area contributed by atoms with Gasteiger partial charge in [-0.25, -0.2) is 4.79 Å². The van der Waals surface area contributed by atoms with E-state index in [9.17, 15) is 9.59 Å². The topological polar surface area (TPSA) is 64.6 Å². The van der Waals surface area contributed by atoms with Crippen molar-refractivity contribution in [1.29, 1.82) is 0 Å². The number of amides is 1. The van der Waals surface area contributed by atoms with Crippen molar-refractivity contribution in [1.82, 2.24) is 0 Å². The highest BCUT2D eigenvalue weighted by molar-refractivity contribution is 9.10. The monoisotopic (exact) mass is 447 g/mol. The van der Waals surface area contributed by atoms with Crippen molar-refractivity contribution in [2.24, 2.45) is 0 Å². The second-order valence-corrected chi connectivity index (χ2v) is 8.67. The van der Waals surface area contributed by atoms with Gasteiger partial charge in [0.05, 0.1) is 11.7 Å². The van der Waals surface area contributed by atoms with E-state index < -0.39 is 0 Å². The number of benzene rings is 2. The van der Waals surface area contributed by atoms with Crippen molar-refractivity contribution in [3.63, 3.8) is 0 Å². The largest absolute Gasteiger partial charge is 0.483 e. The van der Waals surface area contributed by atoms with Gasteiger partial charge in [0.2, 0.25) is 0 Å². The summed E-state index contributed by atoms with van der Waals surface area (Å²) in [6.45, 7) is 9.75. The third kappa shape index (κ3) is 6.37. The molecule has 2 aromatic rings. The van der Waals surface area contributed by atoms with E-state index in [0.29, 0.717) is 17.0 Å². The molecule has 0 heterocycles. The van der Waals surface area contributed by atoms with Gasteiger partial charge in [0.1, 0.15) is 5.75 Å². The van der Waals surface area contributed by atoms with Gasteiger partial charge in [0.15, 0.2) is 6.61 Å². The SMILES string of the molecule is CC(C)OC(=O)c1ccc(NC(=O)COc2ccc(Br)cc2C(C)(C)C)cc1. The Kier molecular flexibility index (Phi) is 7.24. The molecule has 0 aliphatic carbocycles. The first-order valence-electron chi connectivity index (χ1n) is 9.10. The number of halogens is 1. The van der Waals surface area contributed by atoms with Crippen LogP contribution in [0.15, 0.2) is 46.9 Å². The second kappa shape index (κ2) is 9.24. The van der Waals surface area contributed by atoms with Crippen LogP contribution in [-0.4, -0.2) is 24.6 Å². The van der Waals surface area contributed by atoms with Gasteiger partial charge in [0.25, 0.3) is 5.91 Å². The minimum Gasteiger partial charge on any atom is -0.483 e. The van der Waals surface area contributed by atoms with Crippen molar-refractivity contribution in [3.05, 3.63) is 58.1 Å². The van der Waals surface area contributed by atoms with Gasteiger partial charge in [-0.05, 0) is 61.7 Å². The molecule has 0 fully saturated rings. The highest BCUT2D eigenvalue weighted by Gasteiger charge is 2.20. The Hall–Kier alpha value is -2.34. The van der Waals surface area contributed by atoms with E-state index in [1.165, 1.54) is 0 Å². The molecule has 0 atom stereocenters. The Bertz CT molecular complexity index is 839. The maximum Gasteiger partial charge on any atom is 0.338 e. The number of carbonyl (C=O) groups is 2.